The van der Waals surface area contributed by atoms with Crippen molar-refractivity contribution in [3.63, 3.8) is 0 Å². The van der Waals surface area contributed by atoms with E-state index in [9.17, 15) is 9.59 Å². The molecule has 2 saturated heterocycles. The van der Waals surface area contributed by atoms with Crippen LogP contribution in [0.4, 0.5) is 0 Å². The Morgan fingerprint density at radius 3 is 2.88 bits per heavy atom. The van der Waals surface area contributed by atoms with E-state index in [2.05, 4.69) is 13.0 Å². The van der Waals surface area contributed by atoms with Crippen molar-refractivity contribution in [1.29, 1.82) is 0 Å². The second-order valence-corrected chi connectivity index (χ2v) is 9.44. The third-order valence-electron chi connectivity index (χ3n) is 5.16. The van der Waals surface area contributed by atoms with Gasteiger partial charge in [-0.05, 0) is 44.1 Å². The van der Waals surface area contributed by atoms with Crippen LogP contribution in [-0.4, -0.2) is 53.5 Å². The number of hydrogen-bond donors (Lipinski definition) is 0. The summed E-state index contributed by atoms with van der Waals surface area (Å²) in [5.41, 5.74) is 0.107. The molecule has 4 nitrogen and oxygen atoms in total. The highest BCUT2D eigenvalue weighted by Gasteiger charge is 2.42. The van der Waals surface area contributed by atoms with Gasteiger partial charge in [0.05, 0.1) is 9.09 Å². The molecule has 3 heterocycles. The van der Waals surface area contributed by atoms with Crippen LogP contribution < -0.4 is 0 Å². The van der Waals surface area contributed by atoms with Crippen LogP contribution in [-0.2, 0) is 4.79 Å². The molecule has 132 valence electrons. The van der Waals surface area contributed by atoms with Gasteiger partial charge in [0.15, 0.2) is 0 Å². The summed E-state index contributed by atoms with van der Waals surface area (Å²) in [6, 6.07) is 4.03. The Kier molecular flexibility index (Phi) is 5.55. The average Bonchev–Trinajstić information content (AvgIpc) is 3.06. The molecule has 0 bridgehead atoms. The third-order valence-corrected chi connectivity index (χ3v) is 7.34. The van der Waals surface area contributed by atoms with E-state index in [4.69, 9.17) is 0 Å². The number of likely N-dealkylation sites (tertiary alicyclic amines) is 2. The molecule has 2 amide bonds. The van der Waals surface area contributed by atoms with Crippen molar-refractivity contribution >= 4 is 34.9 Å². The molecule has 1 spiro atoms. The predicted octanol–water partition coefficient (Wildman–Crippen LogP) is 3.72. The molecule has 0 N–H and O–H groups in total. The fourth-order valence-electron chi connectivity index (χ4n) is 3.92. The maximum Gasteiger partial charge on any atom is 0.263 e. The zero-order valence-corrected chi connectivity index (χ0v) is 16.2. The number of thioether (sulfide) groups is 1. The van der Waals surface area contributed by atoms with Crippen molar-refractivity contribution in [2.45, 2.75) is 43.7 Å². The largest absolute Gasteiger partial charge is 0.342 e. The normalized spacial score (nSPS) is 24.7. The molecule has 6 heteroatoms. The molecule has 24 heavy (non-hydrogen) atoms. The second kappa shape index (κ2) is 7.48. The lowest BCUT2D eigenvalue weighted by Crippen LogP contribution is -2.54. The molecule has 2 aliphatic heterocycles. The second-order valence-electron chi connectivity index (χ2n) is 6.79. The number of nitrogens with zero attached hydrogens (tertiary/aromatic N) is 2. The van der Waals surface area contributed by atoms with Gasteiger partial charge in [0.2, 0.25) is 5.91 Å². The quantitative estimate of drug-likeness (QED) is 0.763. The number of hydrogen-bond acceptors (Lipinski definition) is 4. The minimum atomic E-state index is 0.107. The van der Waals surface area contributed by atoms with Gasteiger partial charge in [-0.2, -0.15) is 0 Å². The lowest BCUT2D eigenvalue weighted by molar-refractivity contribution is -0.138. The highest BCUT2D eigenvalue weighted by atomic mass is 32.2. The van der Waals surface area contributed by atoms with Gasteiger partial charge < -0.3 is 9.80 Å². The highest BCUT2D eigenvalue weighted by molar-refractivity contribution is 8.01. The van der Waals surface area contributed by atoms with Crippen molar-refractivity contribution < 1.29 is 9.59 Å². The molecule has 0 radical (unpaired) electrons. The summed E-state index contributed by atoms with van der Waals surface area (Å²) >= 11 is 3.40. The van der Waals surface area contributed by atoms with E-state index in [1.165, 1.54) is 4.21 Å². The van der Waals surface area contributed by atoms with Gasteiger partial charge in [-0.3, -0.25) is 9.59 Å². The summed E-state index contributed by atoms with van der Waals surface area (Å²) in [5, 5.41) is 0. The summed E-state index contributed by atoms with van der Waals surface area (Å²) in [6.07, 6.45) is 3.72. The van der Waals surface area contributed by atoms with Crippen LogP contribution in [0.2, 0.25) is 0 Å². The first-order valence-corrected chi connectivity index (χ1v) is 10.7. The highest BCUT2D eigenvalue weighted by Crippen LogP contribution is 2.39. The van der Waals surface area contributed by atoms with Crippen molar-refractivity contribution in [3.05, 3.63) is 17.0 Å². The van der Waals surface area contributed by atoms with E-state index in [1.807, 2.05) is 22.8 Å². The molecule has 0 unspecified atom stereocenters. The molecule has 1 atom stereocenters. The Morgan fingerprint density at radius 2 is 2.12 bits per heavy atom. The van der Waals surface area contributed by atoms with Crippen molar-refractivity contribution in [2.24, 2.45) is 5.41 Å². The van der Waals surface area contributed by atoms with Crippen LogP contribution in [0.5, 0.6) is 0 Å². The van der Waals surface area contributed by atoms with Gasteiger partial charge in [-0.15, -0.1) is 23.1 Å². The average molecular weight is 367 g/mol. The van der Waals surface area contributed by atoms with E-state index in [1.54, 1.807) is 23.1 Å². The van der Waals surface area contributed by atoms with E-state index in [-0.39, 0.29) is 17.2 Å². The first kappa shape index (κ1) is 17.8. The number of amides is 2. The number of thiophene rings is 1. The van der Waals surface area contributed by atoms with Crippen LogP contribution in [0.1, 0.15) is 49.2 Å². The Morgan fingerprint density at radius 1 is 1.29 bits per heavy atom. The topological polar surface area (TPSA) is 40.6 Å². The summed E-state index contributed by atoms with van der Waals surface area (Å²) < 4.78 is 1.22. The van der Waals surface area contributed by atoms with Crippen molar-refractivity contribution in [1.82, 2.24) is 9.80 Å². The Balaban J connectivity index is 1.70. The Hall–Kier alpha value is -1.01. The molecule has 0 aromatic carbocycles. The zero-order valence-electron chi connectivity index (χ0n) is 14.5. The van der Waals surface area contributed by atoms with E-state index >= 15 is 0 Å². The molecule has 2 aliphatic rings. The molecule has 3 rings (SSSR count). The summed E-state index contributed by atoms with van der Waals surface area (Å²) in [4.78, 5) is 29.7. The van der Waals surface area contributed by atoms with Gasteiger partial charge >= 0.3 is 0 Å². The Bertz CT molecular complexity index is 616. The first-order chi connectivity index (χ1) is 11.6. The van der Waals surface area contributed by atoms with Crippen LogP contribution in [0.3, 0.4) is 0 Å². The van der Waals surface area contributed by atoms with E-state index in [0.717, 1.165) is 56.1 Å². The summed E-state index contributed by atoms with van der Waals surface area (Å²) in [6.45, 7) is 7.40. The van der Waals surface area contributed by atoms with E-state index in [0.29, 0.717) is 6.42 Å². The third kappa shape index (κ3) is 3.64. The van der Waals surface area contributed by atoms with Crippen LogP contribution in [0.15, 0.2) is 16.3 Å². The van der Waals surface area contributed by atoms with Crippen LogP contribution in [0, 0.1) is 5.41 Å². The minimum absolute atomic E-state index is 0.107. The SMILES string of the molecule is CCSc1ccc(C(=O)N2CCC[C@]3(CCC(=O)N(CC)C3)C2)s1. The number of piperidine rings is 2. The Labute approximate surface area is 152 Å². The van der Waals surface area contributed by atoms with Crippen LogP contribution in [0.25, 0.3) is 0 Å². The monoisotopic (exact) mass is 366 g/mol. The van der Waals surface area contributed by atoms with Gasteiger partial charge in [0.1, 0.15) is 0 Å². The molecule has 1 aromatic rings. The molecule has 1 aromatic heterocycles. The molecule has 2 fully saturated rings. The fourth-order valence-corrected chi connectivity index (χ4v) is 5.93. The lowest BCUT2D eigenvalue weighted by atomic mass is 9.73. The maximum atomic E-state index is 12.9. The standard InChI is InChI=1S/C18H26N2O2S2/c1-3-19-12-18(10-8-15(19)21)9-5-11-20(13-18)17(22)14-6-7-16(24-14)23-4-2/h6-7H,3-5,8-13H2,1-2H3/t18-/m1/s1. The number of carbonyl (C=O) groups excluding carboxylic acids is 2. The lowest BCUT2D eigenvalue weighted by Gasteiger charge is -2.48. The van der Waals surface area contributed by atoms with Crippen molar-refractivity contribution in [3.8, 4) is 0 Å². The summed E-state index contributed by atoms with van der Waals surface area (Å²) in [7, 11) is 0. The fraction of sp³-hybridized carbons (Fsp3) is 0.667. The number of carbonyl (C=O) groups is 2. The van der Waals surface area contributed by atoms with E-state index < -0.39 is 0 Å². The molecular formula is C18H26N2O2S2. The van der Waals surface area contributed by atoms with Gasteiger partial charge in [0.25, 0.3) is 5.91 Å². The van der Waals surface area contributed by atoms with Crippen LogP contribution >= 0.6 is 23.1 Å². The molecule has 0 saturated carbocycles. The summed E-state index contributed by atoms with van der Waals surface area (Å²) in [5.74, 6) is 1.47. The maximum absolute atomic E-state index is 12.9. The zero-order chi connectivity index (χ0) is 17.2. The predicted molar refractivity (Wildman–Crippen MR) is 99.8 cm³/mol. The molecular weight excluding hydrogens is 340 g/mol. The van der Waals surface area contributed by atoms with Crippen molar-refractivity contribution in [2.75, 3.05) is 31.9 Å². The van der Waals surface area contributed by atoms with Gasteiger partial charge in [-0.25, -0.2) is 0 Å². The van der Waals surface area contributed by atoms with Gasteiger partial charge in [-0.1, -0.05) is 6.92 Å². The van der Waals surface area contributed by atoms with Gasteiger partial charge in [0, 0.05) is 38.0 Å². The molecule has 0 aliphatic carbocycles. The first-order valence-electron chi connectivity index (χ1n) is 8.86. The minimum Gasteiger partial charge on any atom is -0.342 e. The number of rotatable bonds is 4. The smallest absolute Gasteiger partial charge is 0.263 e.